The zero-order chi connectivity index (χ0) is 17.5. The lowest BCUT2D eigenvalue weighted by atomic mass is 10.1. The van der Waals surface area contributed by atoms with Crippen LogP contribution in [-0.2, 0) is 9.53 Å². The van der Waals surface area contributed by atoms with Gasteiger partial charge in [0.15, 0.2) is 6.61 Å². The highest BCUT2D eigenvalue weighted by molar-refractivity contribution is 9.10. The highest BCUT2D eigenvalue weighted by Gasteiger charge is 2.13. The van der Waals surface area contributed by atoms with Gasteiger partial charge in [-0.05, 0) is 48.9 Å². The number of esters is 1. The van der Waals surface area contributed by atoms with Gasteiger partial charge in [0.2, 0.25) is 0 Å². The second-order valence-electron chi connectivity index (χ2n) is 5.15. The number of hydrogen-bond donors (Lipinski definition) is 1. The van der Waals surface area contributed by atoms with Crippen LogP contribution in [0.25, 0.3) is 0 Å². The van der Waals surface area contributed by atoms with Crippen molar-refractivity contribution in [3.8, 4) is 5.75 Å². The molecule has 0 bridgehead atoms. The summed E-state index contributed by atoms with van der Waals surface area (Å²) in [5.74, 6) is -0.183. The van der Waals surface area contributed by atoms with Crippen LogP contribution < -0.4 is 10.1 Å². The molecule has 126 valence electrons. The molecule has 0 fully saturated rings. The Hall–Kier alpha value is -2.34. The van der Waals surface area contributed by atoms with E-state index in [1.165, 1.54) is 0 Å². The molecule has 2 aromatic carbocycles. The number of carbonyl (C=O) groups is 2. The van der Waals surface area contributed by atoms with E-state index in [-0.39, 0.29) is 18.6 Å². The predicted octanol–water partition coefficient (Wildman–Crippen LogP) is 3.49. The Bertz CT molecular complexity index is 715. The van der Waals surface area contributed by atoms with E-state index in [2.05, 4.69) is 21.2 Å². The first kappa shape index (κ1) is 18.0. The van der Waals surface area contributed by atoms with E-state index in [1.54, 1.807) is 31.4 Å². The molecule has 2 rings (SSSR count). The number of methoxy groups -OCH3 is 1. The lowest BCUT2D eigenvalue weighted by molar-refractivity contribution is -0.124. The molecule has 0 saturated carbocycles. The molecule has 0 radical (unpaired) electrons. The maximum absolute atomic E-state index is 11.9. The van der Waals surface area contributed by atoms with E-state index in [9.17, 15) is 9.59 Å². The first-order chi connectivity index (χ1) is 11.5. The van der Waals surface area contributed by atoms with Gasteiger partial charge in [-0.3, -0.25) is 4.79 Å². The van der Waals surface area contributed by atoms with Crippen molar-refractivity contribution in [1.82, 2.24) is 5.32 Å². The molecule has 0 aliphatic carbocycles. The maximum Gasteiger partial charge on any atom is 0.338 e. The van der Waals surface area contributed by atoms with E-state index in [1.807, 2.05) is 31.2 Å². The molecule has 0 unspecified atom stereocenters. The zero-order valence-corrected chi connectivity index (χ0v) is 15.0. The van der Waals surface area contributed by atoms with E-state index < -0.39 is 5.97 Å². The first-order valence-corrected chi connectivity index (χ1v) is 8.15. The summed E-state index contributed by atoms with van der Waals surface area (Å²) in [6, 6.07) is 13.9. The summed E-state index contributed by atoms with van der Waals surface area (Å²) in [5, 5.41) is 2.78. The smallest absolute Gasteiger partial charge is 0.338 e. The van der Waals surface area contributed by atoms with E-state index >= 15 is 0 Å². The van der Waals surface area contributed by atoms with E-state index in [4.69, 9.17) is 9.47 Å². The van der Waals surface area contributed by atoms with Crippen molar-refractivity contribution >= 4 is 27.8 Å². The normalized spacial score (nSPS) is 11.5. The largest absolute Gasteiger partial charge is 0.497 e. The summed E-state index contributed by atoms with van der Waals surface area (Å²) in [6.45, 7) is 1.52. The minimum atomic E-state index is -0.535. The highest BCUT2D eigenvalue weighted by atomic mass is 79.9. The highest BCUT2D eigenvalue weighted by Crippen LogP contribution is 2.18. The Balaban J connectivity index is 1.86. The molecular weight excluding hydrogens is 374 g/mol. The summed E-state index contributed by atoms with van der Waals surface area (Å²) < 4.78 is 11.0. The molecule has 0 heterocycles. The number of hydrogen-bond acceptors (Lipinski definition) is 4. The van der Waals surface area contributed by atoms with Crippen molar-refractivity contribution in [2.75, 3.05) is 13.7 Å². The third kappa shape index (κ3) is 5.09. The van der Waals surface area contributed by atoms with E-state index in [0.717, 1.165) is 15.8 Å². The van der Waals surface area contributed by atoms with Gasteiger partial charge >= 0.3 is 5.97 Å². The van der Waals surface area contributed by atoms with Crippen LogP contribution in [0.15, 0.2) is 53.0 Å². The summed E-state index contributed by atoms with van der Waals surface area (Å²) in [6.07, 6.45) is 0. The molecular formula is C18H18BrNO4. The molecule has 24 heavy (non-hydrogen) atoms. The van der Waals surface area contributed by atoms with Crippen LogP contribution in [0.2, 0.25) is 0 Å². The molecule has 1 N–H and O–H groups in total. The van der Waals surface area contributed by atoms with Crippen molar-refractivity contribution in [3.05, 3.63) is 64.1 Å². The van der Waals surface area contributed by atoms with Crippen LogP contribution in [0.1, 0.15) is 28.9 Å². The average molecular weight is 392 g/mol. The van der Waals surface area contributed by atoms with Crippen molar-refractivity contribution in [2.24, 2.45) is 0 Å². The molecule has 5 nitrogen and oxygen atoms in total. The number of ether oxygens (including phenoxy) is 2. The minimum Gasteiger partial charge on any atom is -0.497 e. The minimum absolute atomic E-state index is 0.223. The summed E-state index contributed by atoms with van der Waals surface area (Å²) in [4.78, 5) is 23.8. The van der Waals surface area contributed by atoms with Gasteiger partial charge in [0.1, 0.15) is 5.75 Å². The number of carbonyl (C=O) groups excluding carboxylic acids is 2. The average Bonchev–Trinajstić information content (AvgIpc) is 2.60. The van der Waals surface area contributed by atoms with Gasteiger partial charge in [-0.15, -0.1) is 0 Å². The van der Waals surface area contributed by atoms with E-state index in [0.29, 0.717) is 5.56 Å². The molecule has 0 spiro atoms. The quantitative estimate of drug-likeness (QED) is 0.765. The third-order valence-electron chi connectivity index (χ3n) is 3.39. The van der Waals surface area contributed by atoms with Crippen molar-refractivity contribution in [1.29, 1.82) is 0 Å². The monoisotopic (exact) mass is 391 g/mol. The van der Waals surface area contributed by atoms with Crippen LogP contribution in [0.4, 0.5) is 0 Å². The maximum atomic E-state index is 11.9. The Morgan fingerprint density at radius 1 is 1.17 bits per heavy atom. The van der Waals surface area contributed by atoms with Gasteiger partial charge in [-0.1, -0.05) is 28.1 Å². The van der Waals surface area contributed by atoms with Crippen LogP contribution in [0.5, 0.6) is 5.75 Å². The Morgan fingerprint density at radius 3 is 2.54 bits per heavy atom. The van der Waals surface area contributed by atoms with Crippen LogP contribution in [0, 0.1) is 0 Å². The van der Waals surface area contributed by atoms with Crippen LogP contribution >= 0.6 is 15.9 Å². The van der Waals surface area contributed by atoms with Gasteiger partial charge in [0, 0.05) is 4.47 Å². The number of amides is 1. The fraction of sp³-hybridized carbons (Fsp3) is 0.222. The van der Waals surface area contributed by atoms with Gasteiger partial charge in [0.05, 0.1) is 18.7 Å². The number of halogens is 1. The lowest BCUT2D eigenvalue weighted by Crippen LogP contribution is -2.31. The standard InChI is InChI=1S/C18H18BrNO4/c1-12(14-4-3-5-16(10-14)23-2)20-17(21)11-24-18(22)13-6-8-15(19)9-7-13/h3-10,12H,11H2,1-2H3,(H,20,21)/t12-/m1/s1. The molecule has 0 aliphatic heterocycles. The van der Waals surface area contributed by atoms with Crippen molar-refractivity contribution < 1.29 is 19.1 Å². The Labute approximate surface area is 149 Å². The van der Waals surface area contributed by atoms with Gasteiger partial charge in [-0.25, -0.2) is 4.79 Å². The fourth-order valence-electron chi connectivity index (χ4n) is 2.08. The second-order valence-corrected chi connectivity index (χ2v) is 6.06. The van der Waals surface area contributed by atoms with Gasteiger partial charge in [0.25, 0.3) is 5.91 Å². The number of rotatable bonds is 6. The van der Waals surface area contributed by atoms with Crippen LogP contribution in [0.3, 0.4) is 0 Å². The topological polar surface area (TPSA) is 64.6 Å². The molecule has 0 aliphatic rings. The lowest BCUT2D eigenvalue weighted by Gasteiger charge is -2.15. The molecule has 2 aromatic rings. The summed E-state index contributed by atoms with van der Waals surface area (Å²) in [7, 11) is 1.59. The Morgan fingerprint density at radius 2 is 1.88 bits per heavy atom. The number of nitrogens with one attached hydrogen (secondary N) is 1. The molecule has 1 atom stereocenters. The molecule has 6 heteroatoms. The SMILES string of the molecule is COc1cccc([C@@H](C)NC(=O)COC(=O)c2ccc(Br)cc2)c1. The molecule has 0 saturated heterocycles. The number of benzene rings is 2. The summed E-state index contributed by atoms with van der Waals surface area (Å²) in [5.41, 5.74) is 1.30. The van der Waals surface area contributed by atoms with Crippen molar-refractivity contribution in [2.45, 2.75) is 13.0 Å². The third-order valence-corrected chi connectivity index (χ3v) is 3.91. The summed E-state index contributed by atoms with van der Waals surface area (Å²) >= 11 is 3.29. The second kappa shape index (κ2) is 8.49. The molecule has 0 aromatic heterocycles. The van der Waals surface area contributed by atoms with Crippen molar-refractivity contribution in [3.63, 3.8) is 0 Å². The van der Waals surface area contributed by atoms with Crippen LogP contribution in [-0.4, -0.2) is 25.6 Å². The Kier molecular flexibility index (Phi) is 6.37. The first-order valence-electron chi connectivity index (χ1n) is 7.35. The predicted molar refractivity (Wildman–Crippen MR) is 94.0 cm³/mol. The van der Waals surface area contributed by atoms with Gasteiger partial charge in [-0.2, -0.15) is 0 Å². The fourth-order valence-corrected chi connectivity index (χ4v) is 2.34. The van der Waals surface area contributed by atoms with Gasteiger partial charge < -0.3 is 14.8 Å². The zero-order valence-electron chi connectivity index (χ0n) is 13.4. The molecule has 1 amide bonds.